The van der Waals surface area contributed by atoms with Gasteiger partial charge in [-0.15, -0.1) is 0 Å². The van der Waals surface area contributed by atoms with E-state index >= 15 is 0 Å². The SMILES string of the molecule is COc1cc(OC)cc([C@H](NC(=O)c2cccc(Br)c2)c2nccn2C)c1. The minimum atomic E-state index is -0.472. The molecule has 0 spiro atoms. The highest BCUT2D eigenvalue weighted by atomic mass is 79.9. The Hall–Kier alpha value is -2.80. The topological polar surface area (TPSA) is 65.4 Å². The number of hydrogen-bond donors (Lipinski definition) is 1. The van der Waals surface area contributed by atoms with Crippen molar-refractivity contribution in [1.29, 1.82) is 0 Å². The van der Waals surface area contributed by atoms with Crippen molar-refractivity contribution in [2.24, 2.45) is 7.05 Å². The molecular formula is C20H20BrN3O3. The molecule has 140 valence electrons. The van der Waals surface area contributed by atoms with Crippen molar-refractivity contribution in [2.75, 3.05) is 14.2 Å². The molecule has 0 unspecified atom stereocenters. The highest BCUT2D eigenvalue weighted by Gasteiger charge is 2.23. The van der Waals surface area contributed by atoms with E-state index in [9.17, 15) is 4.79 Å². The summed E-state index contributed by atoms with van der Waals surface area (Å²) in [5.41, 5.74) is 1.36. The lowest BCUT2D eigenvalue weighted by molar-refractivity contribution is 0.0941. The summed E-state index contributed by atoms with van der Waals surface area (Å²) in [5, 5.41) is 3.07. The van der Waals surface area contributed by atoms with Crippen molar-refractivity contribution in [3.63, 3.8) is 0 Å². The van der Waals surface area contributed by atoms with E-state index in [-0.39, 0.29) is 5.91 Å². The third kappa shape index (κ3) is 4.31. The van der Waals surface area contributed by atoms with Crippen LogP contribution in [-0.2, 0) is 7.05 Å². The number of carbonyl (C=O) groups is 1. The highest BCUT2D eigenvalue weighted by Crippen LogP contribution is 2.29. The van der Waals surface area contributed by atoms with Crippen molar-refractivity contribution < 1.29 is 14.3 Å². The minimum absolute atomic E-state index is 0.203. The van der Waals surface area contributed by atoms with Gasteiger partial charge in [0.25, 0.3) is 5.91 Å². The zero-order valence-corrected chi connectivity index (χ0v) is 16.9. The third-order valence-corrected chi connectivity index (χ3v) is 4.68. The lowest BCUT2D eigenvalue weighted by atomic mass is 10.0. The maximum absolute atomic E-state index is 12.9. The van der Waals surface area contributed by atoms with Crippen molar-refractivity contribution in [3.8, 4) is 11.5 Å². The largest absolute Gasteiger partial charge is 0.497 e. The van der Waals surface area contributed by atoms with Crippen LogP contribution in [0.4, 0.5) is 0 Å². The highest BCUT2D eigenvalue weighted by molar-refractivity contribution is 9.10. The number of aryl methyl sites for hydroxylation is 1. The van der Waals surface area contributed by atoms with Crippen LogP contribution in [0, 0.1) is 0 Å². The number of nitrogens with one attached hydrogen (secondary N) is 1. The molecule has 1 N–H and O–H groups in total. The number of imidazole rings is 1. The first-order chi connectivity index (χ1) is 13.0. The van der Waals surface area contributed by atoms with Crippen molar-refractivity contribution in [3.05, 3.63) is 76.3 Å². The lowest BCUT2D eigenvalue weighted by Gasteiger charge is -2.20. The molecule has 1 aromatic heterocycles. The first-order valence-electron chi connectivity index (χ1n) is 8.28. The van der Waals surface area contributed by atoms with Crippen molar-refractivity contribution >= 4 is 21.8 Å². The number of amides is 1. The standard InChI is InChI=1S/C20H20BrN3O3/c1-24-8-7-22-19(24)18(14-10-16(26-2)12-17(11-14)27-3)23-20(25)13-5-4-6-15(21)9-13/h4-12,18H,1-3H3,(H,23,25)/t18-/m0/s1. The summed E-state index contributed by atoms with van der Waals surface area (Å²) in [6.45, 7) is 0. The van der Waals surface area contributed by atoms with Crippen LogP contribution < -0.4 is 14.8 Å². The number of benzene rings is 2. The maximum Gasteiger partial charge on any atom is 0.252 e. The molecule has 3 rings (SSSR count). The van der Waals surface area contributed by atoms with E-state index in [0.29, 0.717) is 22.9 Å². The molecule has 0 bridgehead atoms. The van der Waals surface area contributed by atoms with E-state index in [1.165, 1.54) is 0 Å². The predicted octanol–water partition coefficient (Wildman–Crippen LogP) is 3.72. The number of nitrogens with zero attached hydrogens (tertiary/aromatic N) is 2. The van der Waals surface area contributed by atoms with Crippen LogP contribution in [0.3, 0.4) is 0 Å². The van der Waals surface area contributed by atoms with Crippen molar-refractivity contribution in [1.82, 2.24) is 14.9 Å². The molecule has 0 radical (unpaired) electrons. The molecule has 7 heteroatoms. The zero-order chi connectivity index (χ0) is 19.4. The number of methoxy groups -OCH3 is 2. The molecule has 2 aromatic carbocycles. The van der Waals surface area contributed by atoms with Gasteiger partial charge in [-0.3, -0.25) is 4.79 Å². The number of rotatable bonds is 6. The molecule has 0 fully saturated rings. The molecule has 6 nitrogen and oxygen atoms in total. The van der Waals surface area contributed by atoms with Crippen LogP contribution in [0.25, 0.3) is 0 Å². The molecule has 1 heterocycles. The average Bonchev–Trinajstić information content (AvgIpc) is 3.11. The number of hydrogen-bond acceptors (Lipinski definition) is 4. The van der Waals surface area contributed by atoms with Crippen LogP contribution in [0.5, 0.6) is 11.5 Å². The van der Waals surface area contributed by atoms with Gasteiger partial charge in [0, 0.05) is 35.5 Å². The van der Waals surface area contributed by atoms with Gasteiger partial charge in [-0.05, 0) is 35.9 Å². The van der Waals surface area contributed by atoms with E-state index in [1.807, 2.05) is 42.1 Å². The molecule has 0 aliphatic rings. The Bertz CT molecular complexity index is 933. The Kier molecular flexibility index (Phi) is 5.81. The minimum Gasteiger partial charge on any atom is -0.497 e. The molecule has 1 atom stereocenters. The molecule has 1 amide bonds. The Labute approximate surface area is 166 Å². The van der Waals surface area contributed by atoms with Crippen LogP contribution in [0.1, 0.15) is 27.8 Å². The quantitative estimate of drug-likeness (QED) is 0.648. The number of aromatic nitrogens is 2. The molecule has 0 saturated heterocycles. The first-order valence-corrected chi connectivity index (χ1v) is 9.07. The summed E-state index contributed by atoms with van der Waals surface area (Å²) in [5.74, 6) is 1.78. The van der Waals surface area contributed by atoms with Gasteiger partial charge in [-0.25, -0.2) is 4.98 Å². The first kappa shape index (κ1) is 19.0. The Morgan fingerprint density at radius 1 is 1.15 bits per heavy atom. The molecule has 0 saturated carbocycles. The average molecular weight is 430 g/mol. The smallest absolute Gasteiger partial charge is 0.252 e. The summed E-state index contributed by atoms with van der Waals surface area (Å²) in [7, 11) is 5.07. The number of carbonyl (C=O) groups excluding carboxylic acids is 1. The lowest BCUT2D eigenvalue weighted by Crippen LogP contribution is -2.31. The fourth-order valence-electron chi connectivity index (χ4n) is 2.79. The van der Waals surface area contributed by atoms with Gasteiger partial charge in [0.2, 0.25) is 0 Å². The molecular weight excluding hydrogens is 410 g/mol. The van der Waals surface area contributed by atoms with Gasteiger partial charge in [0.15, 0.2) is 0 Å². The van der Waals surface area contributed by atoms with Crippen LogP contribution in [0.15, 0.2) is 59.3 Å². The van der Waals surface area contributed by atoms with Gasteiger partial charge in [-0.2, -0.15) is 0 Å². The summed E-state index contributed by atoms with van der Waals surface area (Å²) in [4.78, 5) is 17.3. The fourth-order valence-corrected chi connectivity index (χ4v) is 3.19. The molecule has 0 aliphatic heterocycles. The Morgan fingerprint density at radius 2 is 1.85 bits per heavy atom. The van der Waals surface area contributed by atoms with Gasteiger partial charge >= 0.3 is 0 Å². The van der Waals surface area contributed by atoms with Crippen molar-refractivity contribution in [2.45, 2.75) is 6.04 Å². The number of halogens is 1. The van der Waals surface area contributed by atoms with Crippen LogP contribution in [-0.4, -0.2) is 29.7 Å². The van der Waals surface area contributed by atoms with Gasteiger partial charge in [0.1, 0.15) is 23.4 Å². The summed E-state index contributed by atoms with van der Waals surface area (Å²) in [6, 6.07) is 12.3. The second-order valence-corrected chi connectivity index (χ2v) is 6.87. The van der Waals surface area contributed by atoms with E-state index in [4.69, 9.17) is 9.47 Å². The maximum atomic E-state index is 12.9. The molecule has 3 aromatic rings. The summed E-state index contributed by atoms with van der Waals surface area (Å²) < 4.78 is 13.5. The second kappa shape index (κ2) is 8.26. The second-order valence-electron chi connectivity index (χ2n) is 5.96. The van der Waals surface area contributed by atoms with E-state index in [2.05, 4.69) is 26.2 Å². The number of ether oxygens (including phenoxy) is 2. The Balaban J connectivity index is 2.02. The van der Waals surface area contributed by atoms with E-state index in [1.54, 1.807) is 38.6 Å². The molecule has 27 heavy (non-hydrogen) atoms. The predicted molar refractivity (Wildman–Crippen MR) is 106 cm³/mol. The van der Waals surface area contributed by atoms with Gasteiger partial charge in [-0.1, -0.05) is 22.0 Å². The van der Waals surface area contributed by atoms with E-state index in [0.717, 1.165) is 10.0 Å². The van der Waals surface area contributed by atoms with E-state index < -0.39 is 6.04 Å². The van der Waals surface area contributed by atoms with Gasteiger partial charge < -0.3 is 19.4 Å². The third-order valence-electron chi connectivity index (χ3n) is 4.19. The fraction of sp³-hybridized carbons (Fsp3) is 0.200. The van der Waals surface area contributed by atoms with Crippen LogP contribution in [0.2, 0.25) is 0 Å². The molecule has 0 aliphatic carbocycles. The monoisotopic (exact) mass is 429 g/mol. The van der Waals surface area contributed by atoms with Crippen LogP contribution >= 0.6 is 15.9 Å². The normalized spacial score (nSPS) is 11.7. The summed E-state index contributed by atoms with van der Waals surface area (Å²) in [6.07, 6.45) is 3.54. The Morgan fingerprint density at radius 3 is 2.41 bits per heavy atom. The zero-order valence-electron chi connectivity index (χ0n) is 15.3. The van der Waals surface area contributed by atoms with Gasteiger partial charge in [0.05, 0.1) is 14.2 Å². The summed E-state index contributed by atoms with van der Waals surface area (Å²) >= 11 is 3.40.